The van der Waals surface area contributed by atoms with Crippen LogP contribution in [0.25, 0.3) is 16.8 Å². The van der Waals surface area contributed by atoms with E-state index < -0.39 is 0 Å². The van der Waals surface area contributed by atoms with Gasteiger partial charge >= 0.3 is 0 Å². The molecule has 2 aromatic rings. The summed E-state index contributed by atoms with van der Waals surface area (Å²) in [4.78, 5) is 15.6. The summed E-state index contributed by atoms with van der Waals surface area (Å²) in [5, 5.41) is 6.07. The second kappa shape index (κ2) is 16.0. The number of anilines is 1. The van der Waals surface area contributed by atoms with Gasteiger partial charge in [0, 0.05) is 80.2 Å². The lowest BCUT2D eigenvalue weighted by Crippen LogP contribution is -2.40. The average molecular weight is 605 g/mol. The summed E-state index contributed by atoms with van der Waals surface area (Å²) in [5.74, 6) is -0.267. The van der Waals surface area contributed by atoms with Crippen LogP contribution in [-0.2, 0) is 20.8 Å². The summed E-state index contributed by atoms with van der Waals surface area (Å²) in [6.07, 6.45) is 4.48. The molecule has 2 heterocycles. The van der Waals surface area contributed by atoms with Gasteiger partial charge in [0.2, 0.25) is 6.41 Å². The molecule has 44 heavy (non-hydrogen) atoms. The second-order valence-corrected chi connectivity index (χ2v) is 11.9. The lowest BCUT2D eigenvalue weighted by molar-refractivity contribution is -0.108. The minimum absolute atomic E-state index is 0.267. The normalized spacial score (nSPS) is 17.2. The maximum atomic E-state index is 16.6. The van der Waals surface area contributed by atoms with E-state index in [1.165, 1.54) is 5.56 Å². The molecule has 238 valence electrons. The van der Waals surface area contributed by atoms with Gasteiger partial charge in [0.15, 0.2) is 0 Å². The Morgan fingerprint density at radius 3 is 2.39 bits per heavy atom. The van der Waals surface area contributed by atoms with Crippen LogP contribution in [0.4, 0.5) is 10.1 Å². The molecule has 0 unspecified atom stereocenters. The molecule has 0 atom stereocenters. The molecule has 0 bridgehead atoms. The molecule has 2 aliphatic heterocycles. The zero-order chi connectivity index (χ0) is 31.6. The lowest BCUT2D eigenvalue weighted by Gasteiger charge is -2.37. The van der Waals surface area contributed by atoms with Crippen molar-refractivity contribution in [1.82, 2.24) is 15.5 Å². The van der Waals surface area contributed by atoms with Crippen LogP contribution < -0.4 is 15.5 Å². The van der Waals surface area contributed by atoms with Gasteiger partial charge in [0.1, 0.15) is 5.82 Å². The van der Waals surface area contributed by atoms with Crippen molar-refractivity contribution >= 4 is 17.8 Å². The quantitative estimate of drug-likeness (QED) is 0.210. The monoisotopic (exact) mass is 604 g/mol. The van der Waals surface area contributed by atoms with Crippen LogP contribution in [0.1, 0.15) is 57.2 Å². The smallest absolute Gasteiger partial charge is 0.211 e. The van der Waals surface area contributed by atoms with E-state index in [-0.39, 0.29) is 5.82 Å². The molecule has 2 aromatic carbocycles. The van der Waals surface area contributed by atoms with Gasteiger partial charge in [-0.15, -0.1) is 0 Å². The highest BCUT2D eigenvalue weighted by atomic mass is 19.1. The van der Waals surface area contributed by atoms with Crippen LogP contribution in [0, 0.1) is 12.7 Å². The molecule has 4 rings (SSSR count). The van der Waals surface area contributed by atoms with Crippen LogP contribution in [0.3, 0.4) is 0 Å². The van der Waals surface area contributed by atoms with Crippen molar-refractivity contribution in [1.29, 1.82) is 0 Å². The largest absolute Gasteiger partial charge is 0.381 e. The summed E-state index contributed by atoms with van der Waals surface area (Å²) >= 11 is 0. The van der Waals surface area contributed by atoms with Crippen molar-refractivity contribution in [2.24, 2.45) is 0 Å². The number of nitrogens with one attached hydrogen (secondary N) is 2. The molecule has 2 fully saturated rings. The summed E-state index contributed by atoms with van der Waals surface area (Å²) in [7, 11) is 0. The minimum atomic E-state index is -0.267. The Hall–Kier alpha value is -3.46. The van der Waals surface area contributed by atoms with Crippen molar-refractivity contribution < 1.29 is 18.7 Å². The van der Waals surface area contributed by atoms with Crippen molar-refractivity contribution in [3.8, 4) is 11.1 Å². The molecule has 0 aliphatic carbocycles. The van der Waals surface area contributed by atoms with Gasteiger partial charge in [0.05, 0.1) is 13.2 Å². The number of halogens is 1. The average Bonchev–Trinajstić information content (AvgIpc) is 3.03. The topological polar surface area (TPSA) is 66.1 Å². The number of hydrogen-bond donors (Lipinski definition) is 2. The molecular weight excluding hydrogens is 555 g/mol. The Labute approximate surface area is 262 Å². The third kappa shape index (κ3) is 8.37. The third-order valence-corrected chi connectivity index (χ3v) is 8.81. The Kier molecular flexibility index (Phi) is 12.2. The molecule has 2 N–H and O–H groups in total. The van der Waals surface area contributed by atoms with E-state index in [9.17, 15) is 4.79 Å². The Morgan fingerprint density at radius 2 is 1.75 bits per heavy atom. The highest BCUT2D eigenvalue weighted by molar-refractivity contribution is 5.81. The van der Waals surface area contributed by atoms with E-state index in [0.717, 1.165) is 99.1 Å². The predicted octanol–water partition coefficient (Wildman–Crippen LogP) is 6.19. The molecule has 2 saturated heterocycles. The number of amides is 1. The fourth-order valence-corrected chi connectivity index (χ4v) is 6.08. The zero-order valence-electron chi connectivity index (χ0n) is 27.1. The Balaban J connectivity index is 1.69. The summed E-state index contributed by atoms with van der Waals surface area (Å²) in [5.41, 5.74) is 8.47. The number of allylic oxidation sites excluding steroid dienone is 3. The Morgan fingerprint density at radius 1 is 1.09 bits per heavy atom. The van der Waals surface area contributed by atoms with Crippen LogP contribution in [0.15, 0.2) is 59.8 Å². The number of ether oxygens (including phenoxy) is 2. The predicted molar refractivity (Wildman–Crippen MR) is 178 cm³/mol. The van der Waals surface area contributed by atoms with Crippen LogP contribution in [0.2, 0.25) is 0 Å². The summed E-state index contributed by atoms with van der Waals surface area (Å²) in [6, 6.07) is 10.7. The molecular formula is C36H49FN4O3. The van der Waals surface area contributed by atoms with Crippen LogP contribution >= 0.6 is 0 Å². The third-order valence-electron chi connectivity index (χ3n) is 8.81. The van der Waals surface area contributed by atoms with E-state index in [1.54, 1.807) is 0 Å². The van der Waals surface area contributed by atoms with Crippen molar-refractivity contribution in [2.45, 2.75) is 60.0 Å². The molecule has 0 radical (unpaired) electrons. The maximum Gasteiger partial charge on any atom is 0.211 e. The van der Waals surface area contributed by atoms with Gasteiger partial charge in [-0.2, -0.15) is 0 Å². The molecule has 0 saturated carbocycles. The number of benzene rings is 2. The van der Waals surface area contributed by atoms with Gasteiger partial charge in [-0.25, -0.2) is 4.39 Å². The fraction of sp³-hybridized carbons (Fsp3) is 0.472. The maximum absolute atomic E-state index is 16.6. The first-order valence-electron chi connectivity index (χ1n) is 15.8. The standard InChI is InChI=1S/C36H49FN4O3/c1-7-41(32-12-16-43-17-13-32)34-21-33(31-10-8-30(9-11-31)23-40-14-18-44-19-15-40)36(37)35(28(34)5)29(6)38-22-26(3)25(2)20-27(4)39-24-42/h8-11,20-21,24,32,38H,6-7,12-19,22-23H2,1-5H3,(H,39,42)/b26-25+,27-20-. The molecule has 0 aromatic heterocycles. The molecule has 0 spiro atoms. The van der Waals surface area contributed by atoms with Gasteiger partial charge in [-0.05, 0) is 81.9 Å². The number of carbonyl (C=O) groups is 1. The zero-order valence-corrected chi connectivity index (χ0v) is 27.1. The van der Waals surface area contributed by atoms with Gasteiger partial charge in [-0.3, -0.25) is 9.69 Å². The first kappa shape index (κ1) is 33.4. The van der Waals surface area contributed by atoms with E-state index in [4.69, 9.17) is 9.47 Å². The first-order chi connectivity index (χ1) is 21.2. The molecule has 7 nitrogen and oxygen atoms in total. The molecule has 2 aliphatic rings. The van der Waals surface area contributed by atoms with Crippen LogP contribution in [0.5, 0.6) is 0 Å². The molecule has 1 amide bonds. The van der Waals surface area contributed by atoms with Crippen LogP contribution in [-0.4, -0.2) is 70.0 Å². The van der Waals surface area contributed by atoms with Gasteiger partial charge < -0.3 is 25.0 Å². The number of rotatable bonds is 13. The second-order valence-electron chi connectivity index (χ2n) is 11.9. The van der Waals surface area contributed by atoms with E-state index >= 15 is 4.39 Å². The fourth-order valence-electron chi connectivity index (χ4n) is 6.08. The van der Waals surface area contributed by atoms with E-state index in [2.05, 4.69) is 46.1 Å². The minimum Gasteiger partial charge on any atom is -0.381 e. The number of carbonyl (C=O) groups excluding carboxylic acids is 1. The Bertz CT molecular complexity index is 1360. The van der Waals surface area contributed by atoms with E-state index in [1.807, 2.05) is 52.0 Å². The number of nitrogens with zero attached hydrogens (tertiary/aromatic N) is 2. The first-order valence-corrected chi connectivity index (χ1v) is 15.8. The van der Waals surface area contributed by atoms with Crippen molar-refractivity contribution in [3.05, 3.63) is 82.3 Å². The van der Waals surface area contributed by atoms with Crippen molar-refractivity contribution in [2.75, 3.05) is 57.5 Å². The SMILES string of the molecule is C=C(NC/C(C)=C(C)/C=C(/C)NC=O)c1c(C)c(N(CC)C2CCOCC2)cc(-c2ccc(CN3CCOCC3)cc2)c1F. The lowest BCUT2D eigenvalue weighted by atomic mass is 9.93. The van der Waals surface area contributed by atoms with Gasteiger partial charge in [0.25, 0.3) is 0 Å². The number of morpholine rings is 1. The van der Waals surface area contributed by atoms with Crippen molar-refractivity contribution in [3.63, 3.8) is 0 Å². The molecule has 8 heteroatoms. The number of hydrogen-bond acceptors (Lipinski definition) is 6. The summed E-state index contributed by atoms with van der Waals surface area (Å²) in [6.45, 7) is 21.4. The van der Waals surface area contributed by atoms with Gasteiger partial charge in [-0.1, -0.05) is 36.4 Å². The van der Waals surface area contributed by atoms with E-state index in [0.29, 0.717) is 35.8 Å². The highest BCUT2D eigenvalue weighted by Crippen LogP contribution is 2.38. The summed E-state index contributed by atoms with van der Waals surface area (Å²) < 4.78 is 27.8. The highest BCUT2D eigenvalue weighted by Gasteiger charge is 2.26.